The summed E-state index contributed by atoms with van der Waals surface area (Å²) in [6, 6.07) is 10.7. The third-order valence-corrected chi connectivity index (χ3v) is 6.27. The first kappa shape index (κ1) is 23.4. The van der Waals surface area contributed by atoms with Gasteiger partial charge in [0.05, 0.1) is 7.11 Å². The second kappa shape index (κ2) is 9.60. The number of methoxy groups -OCH3 is 1. The Morgan fingerprint density at radius 2 is 1.91 bits per heavy atom. The van der Waals surface area contributed by atoms with Crippen molar-refractivity contribution >= 4 is 51.1 Å². The molecule has 2 aromatic carbocycles. The topological polar surface area (TPSA) is 118 Å². The number of thiazole rings is 1. The highest BCUT2D eigenvalue weighted by Crippen LogP contribution is 2.29. The number of carbonyl (C=O) groups excluding carboxylic acids is 4. The average molecular weight is 481 g/mol. The molecule has 34 heavy (non-hydrogen) atoms. The maximum Gasteiger partial charge on any atom is 0.357 e. The second-order valence-electron chi connectivity index (χ2n) is 8.36. The number of nitrogens with zero attached hydrogens (tertiary/aromatic N) is 2. The van der Waals surface area contributed by atoms with E-state index in [1.165, 1.54) is 12.5 Å². The minimum atomic E-state index is -1.04. The molecule has 0 bridgehead atoms. The average Bonchev–Trinajstić information content (AvgIpc) is 3.40. The largest absolute Gasteiger partial charge is 0.464 e. The number of aromatic nitrogens is 1. The number of hydrogen-bond donors (Lipinski definition) is 2. The van der Waals surface area contributed by atoms with Crippen LogP contribution in [0.5, 0.6) is 0 Å². The van der Waals surface area contributed by atoms with Crippen molar-refractivity contribution in [2.24, 2.45) is 5.92 Å². The highest BCUT2D eigenvalue weighted by atomic mass is 32.1. The van der Waals surface area contributed by atoms with Gasteiger partial charge in [0.2, 0.25) is 5.91 Å². The lowest BCUT2D eigenvalue weighted by molar-refractivity contribution is -0.134. The van der Waals surface area contributed by atoms with Gasteiger partial charge in [0.15, 0.2) is 10.8 Å². The first-order chi connectivity index (χ1) is 16.3. The van der Waals surface area contributed by atoms with Crippen LogP contribution in [0, 0.1) is 5.92 Å². The number of benzene rings is 2. The van der Waals surface area contributed by atoms with Crippen molar-refractivity contribution in [2.75, 3.05) is 12.4 Å². The van der Waals surface area contributed by atoms with Gasteiger partial charge in [-0.3, -0.25) is 9.59 Å². The van der Waals surface area contributed by atoms with Crippen molar-refractivity contribution in [3.63, 3.8) is 0 Å². The number of amides is 4. The first-order valence-corrected chi connectivity index (χ1v) is 11.6. The van der Waals surface area contributed by atoms with Gasteiger partial charge in [0.25, 0.3) is 5.91 Å². The van der Waals surface area contributed by atoms with E-state index in [1.54, 1.807) is 6.07 Å². The molecule has 0 spiro atoms. The van der Waals surface area contributed by atoms with Gasteiger partial charge in [0.1, 0.15) is 12.1 Å². The van der Waals surface area contributed by atoms with E-state index in [4.69, 9.17) is 0 Å². The van der Waals surface area contributed by atoms with Gasteiger partial charge < -0.3 is 15.4 Å². The summed E-state index contributed by atoms with van der Waals surface area (Å²) in [5, 5.41) is 8.95. The second-order valence-corrected chi connectivity index (χ2v) is 9.22. The molecule has 4 amide bonds. The van der Waals surface area contributed by atoms with E-state index in [1.807, 2.05) is 50.2 Å². The van der Waals surface area contributed by atoms with Crippen molar-refractivity contribution in [3.05, 3.63) is 59.1 Å². The summed E-state index contributed by atoms with van der Waals surface area (Å²) in [5.41, 5.74) is 0.709. The fraction of sp³-hybridized carbons (Fsp3) is 0.292. The smallest absolute Gasteiger partial charge is 0.357 e. The molecule has 176 valence electrons. The van der Waals surface area contributed by atoms with E-state index in [2.05, 4.69) is 20.4 Å². The van der Waals surface area contributed by atoms with Gasteiger partial charge in [0, 0.05) is 5.38 Å². The molecule has 1 aromatic heterocycles. The molecule has 0 aliphatic carbocycles. The minimum Gasteiger partial charge on any atom is -0.464 e. The number of anilines is 1. The van der Waals surface area contributed by atoms with Crippen LogP contribution in [0.25, 0.3) is 10.8 Å². The van der Waals surface area contributed by atoms with E-state index in [0.29, 0.717) is 5.56 Å². The molecular formula is C24H24N4O5S. The number of rotatable bonds is 7. The number of fused-ring (bicyclic) bond motifs is 1. The monoisotopic (exact) mass is 480 g/mol. The fourth-order valence-electron chi connectivity index (χ4n) is 3.90. The number of imide groups is 1. The van der Waals surface area contributed by atoms with Crippen molar-refractivity contribution in [1.29, 1.82) is 0 Å². The van der Waals surface area contributed by atoms with Gasteiger partial charge >= 0.3 is 12.0 Å². The molecular weight excluding hydrogens is 456 g/mol. The quantitative estimate of drug-likeness (QED) is 0.393. The summed E-state index contributed by atoms with van der Waals surface area (Å²) in [7, 11) is 1.24. The van der Waals surface area contributed by atoms with E-state index in [0.717, 1.165) is 27.0 Å². The van der Waals surface area contributed by atoms with Crippen molar-refractivity contribution in [3.8, 4) is 0 Å². The van der Waals surface area contributed by atoms with Gasteiger partial charge in [-0.25, -0.2) is 19.5 Å². The number of urea groups is 1. The van der Waals surface area contributed by atoms with Crippen molar-refractivity contribution in [2.45, 2.75) is 32.4 Å². The van der Waals surface area contributed by atoms with Crippen LogP contribution < -0.4 is 10.6 Å². The van der Waals surface area contributed by atoms with Crippen LogP contribution in [0.1, 0.15) is 42.4 Å². The zero-order chi connectivity index (χ0) is 24.4. The molecule has 2 atom stereocenters. The normalized spacial score (nSPS) is 16.6. The molecule has 1 aliphatic heterocycles. The first-order valence-electron chi connectivity index (χ1n) is 10.8. The molecule has 1 fully saturated rings. The lowest BCUT2D eigenvalue weighted by atomic mass is 9.99. The lowest BCUT2D eigenvalue weighted by Crippen LogP contribution is -2.48. The third kappa shape index (κ3) is 4.62. The maximum atomic E-state index is 13.4. The number of ether oxygens (including phenoxy) is 1. The Labute approximate surface area is 200 Å². The molecule has 0 radical (unpaired) electrons. The lowest BCUT2D eigenvalue weighted by Gasteiger charge is -2.25. The van der Waals surface area contributed by atoms with E-state index >= 15 is 0 Å². The molecule has 3 aromatic rings. The zero-order valence-corrected chi connectivity index (χ0v) is 19.7. The summed E-state index contributed by atoms with van der Waals surface area (Å²) in [6.45, 7) is 3.80. The number of esters is 1. The Morgan fingerprint density at radius 3 is 2.62 bits per heavy atom. The predicted molar refractivity (Wildman–Crippen MR) is 127 cm³/mol. The molecule has 1 aliphatic rings. The van der Waals surface area contributed by atoms with E-state index < -0.39 is 35.9 Å². The fourth-order valence-corrected chi connectivity index (χ4v) is 4.58. The van der Waals surface area contributed by atoms with Crippen LogP contribution in [0.15, 0.2) is 47.8 Å². The molecule has 9 nitrogen and oxygen atoms in total. The summed E-state index contributed by atoms with van der Waals surface area (Å²) in [5.74, 6) is -1.64. The predicted octanol–water partition coefficient (Wildman–Crippen LogP) is 3.73. The Morgan fingerprint density at radius 1 is 1.18 bits per heavy atom. The number of nitrogens with one attached hydrogen (secondary N) is 2. The van der Waals surface area contributed by atoms with Gasteiger partial charge in [-0.2, -0.15) is 0 Å². The maximum absolute atomic E-state index is 13.4. The van der Waals surface area contributed by atoms with E-state index in [9.17, 15) is 19.2 Å². The van der Waals surface area contributed by atoms with Crippen LogP contribution in [-0.4, -0.2) is 46.9 Å². The van der Waals surface area contributed by atoms with Crippen molar-refractivity contribution < 1.29 is 23.9 Å². The van der Waals surface area contributed by atoms with E-state index in [-0.39, 0.29) is 23.2 Å². The van der Waals surface area contributed by atoms with Crippen LogP contribution in [0.4, 0.5) is 9.93 Å². The standard InChI is InChI=1S/C24H24N4O5S/c1-13(2)10-18(20(29)27-23-25-17(12-34-23)22(31)33-3)28-21(30)19(26-24(28)32)16-9-8-14-6-4-5-7-15(14)11-16/h4-9,11-13,18-19H,10H2,1-3H3,(H,26,32)(H,25,27,29). The van der Waals surface area contributed by atoms with Gasteiger partial charge in [-0.05, 0) is 34.7 Å². The van der Waals surface area contributed by atoms with Crippen LogP contribution >= 0.6 is 11.3 Å². The highest BCUT2D eigenvalue weighted by molar-refractivity contribution is 7.14. The van der Waals surface area contributed by atoms with Gasteiger partial charge in [-0.1, -0.05) is 50.2 Å². The summed E-state index contributed by atoms with van der Waals surface area (Å²) >= 11 is 1.05. The Kier molecular flexibility index (Phi) is 6.60. The summed E-state index contributed by atoms with van der Waals surface area (Å²) in [4.78, 5) is 56.1. The molecule has 2 unspecified atom stereocenters. The molecule has 2 N–H and O–H groups in total. The molecule has 0 saturated carbocycles. The van der Waals surface area contributed by atoms with Crippen LogP contribution in [-0.2, 0) is 14.3 Å². The Hall–Kier alpha value is -3.79. The number of hydrogen-bond acceptors (Lipinski definition) is 7. The van der Waals surface area contributed by atoms with Crippen LogP contribution in [0.3, 0.4) is 0 Å². The molecule has 1 saturated heterocycles. The van der Waals surface area contributed by atoms with Crippen LogP contribution in [0.2, 0.25) is 0 Å². The molecule has 4 rings (SSSR count). The Bertz CT molecular complexity index is 1270. The SMILES string of the molecule is COC(=O)c1csc(NC(=O)C(CC(C)C)N2C(=O)NC(c3ccc4ccccc4c3)C2=O)n1. The highest BCUT2D eigenvalue weighted by Gasteiger charge is 2.45. The molecule has 2 heterocycles. The summed E-state index contributed by atoms with van der Waals surface area (Å²) in [6.07, 6.45) is 0.269. The third-order valence-electron chi connectivity index (χ3n) is 5.52. The van der Waals surface area contributed by atoms with Gasteiger partial charge in [-0.15, -0.1) is 11.3 Å². The zero-order valence-electron chi connectivity index (χ0n) is 18.9. The minimum absolute atomic E-state index is 0.0259. The number of carbonyl (C=O) groups is 4. The molecule has 10 heteroatoms. The van der Waals surface area contributed by atoms with Crippen molar-refractivity contribution in [1.82, 2.24) is 15.2 Å². The Balaban J connectivity index is 1.58. The summed E-state index contributed by atoms with van der Waals surface area (Å²) < 4.78 is 4.63.